The maximum atomic E-state index is 12.4. The molecule has 1 saturated heterocycles. The van der Waals surface area contributed by atoms with Gasteiger partial charge >= 0.3 is 5.97 Å². The van der Waals surface area contributed by atoms with Crippen LogP contribution in [-0.2, 0) is 9.47 Å². The minimum absolute atomic E-state index is 0.110. The number of hydrogen-bond acceptors (Lipinski definition) is 4. The highest BCUT2D eigenvalue weighted by Crippen LogP contribution is 2.36. The van der Waals surface area contributed by atoms with Crippen LogP contribution in [0.25, 0.3) is 10.9 Å². The quantitative estimate of drug-likeness (QED) is 0.689. The Labute approximate surface area is 168 Å². The Bertz CT molecular complexity index is 832. The second-order valence-corrected chi connectivity index (χ2v) is 8.66. The smallest absolute Gasteiger partial charge is 0.340 e. The zero-order chi connectivity index (χ0) is 20.5. The zero-order valence-corrected chi connectivity index (χ0v) is 18.1. The first-order valence-electron chi connectivity index (χ1n) is 10.2. The van der Waals surface area contributed by atoms with Gasteiger partial charge in [0.25, 0.3) is 0 Å². The van der Waals surface area contributed by atoms with Crippen molar-refractivity contribution in [2.24, 2.45) is 5.92 Å². The fourth-order valence-electron chi connectivity index (χ4n) is 4.68. The van der Waals surface area contributed by atoms with Crippen molar-refractivity contribution in [2.75, 3.05) is 33.9 Å². The lowest BCUT2D eigenvalue weighted by Gasteiger charge is -2.39. The summed E-state index contributed by atoms with van der Waals surface area (Å²) in [7, 11) is 3.24. The number of para-hydroxylation sites is 1. The number of fused-ring (bicyclic) bond motifs is 1. The van der Waals surface area contributed by atoms with Crippen molar-refractivity contribution in [2.45, 2.75) is 52.2 Å². The molecule has 0 N–H and O–H groups in total. The largest absolute Gasteiger partial charge is 0.465 e. The van der Waals surface area contributed by atoms with Gasteiger partial charge in [-0.05, 0) is 65.6 Å². The van der Waals surface area contributed by atoms with Crippen molar-refractivity contribution in [3.05, 3.63) is 35.5 Å². The highest BCUT2D eigenvalue weighted by Gasteiger charge is 2.31. The second kappa shape index (κ2) is 8.26. The predicted octanol–water partition coefficient (Wildman–Crippen LogP) is 4.43. The number of rotatable bonds is 6. The Hall–Kier alpha value is -1.85. The van der Waals surface area contributed by atoms with Gasteiger partial charge in [0, 0.05) is 36.3 Å². The van der Waals surface area contributed by atoms with Crippen molar-refractivity contribution < 1.29 is 14.3 Å². The number of esters is 1. The molecule has 5 heteroatoms. The molecule has 1 fully saturated rings. The van der Waals surface area contributed by atoms with Gasteiger partial charge in [-0.3, -0.25) is 0 Å². The molecule has 28 heavy (non-hydrogen) atoms. The molecule has 2 heterocycles. The Morgan fingerprint density at radius 1 is 1.21 bits per heavy atom. The summed E-state index contributed by atoms with van der Waals surface area (Å²) in [5.41, 5.74) is 2.71. The van der Waals surface area contributed by atoms with Gasteiger partial charge in [0.05, 0.1) is 18.3 Å². The van der Waals surface area contributed by atoms with Gasteiger partial charge in [-0.1, -0.05) is 18.2 Å². The normalized spacial score (nSPS) is 17.8. The second-order valence-electron chi connectivity index (χ2n) is 8.66. The molecule has 1 aliphatic heterocycles. The van der Waals surface area contributed by atoms with E-state index in [1.807, 2.05) is 25.1 Å². The Kier molecular flexibility index (Phi) is 6.15. The predicted molar refractivity (Wildman–Crippen MR) is 113 cm³/mol. The zero-order valence-electron chi connectivity index (χ0n) is 18.1. The molecule has 0 spiro atoms. The molecule has 0 unspecified atom stereocenters. The monoisotopic (exact) mass is 386 g/mol. The van der Waals surface area contributed by atoms with Crippen LogP contribution >= 0.6 is 0 Å². The highest BCUT2D eigenvalue weighted by molar-refractivity contribution is 6.05. The summed E-state index contributed by atoms with van der Waals surface area (Å²) in [6.45, 7) is 11.8. The summed E-state index contributed by atoms with van der Waals surface area (Å²) in [4.78, 5) is 14.9. The molecule has 0 aliphatic carbocycles. The van der Waals surface area contributed by atoms with Crippen LogP contribution in [0.4, 0.5) is 0 Å². The average Bonchev–Trinajstić information content (AvgIpc) is 2.99. The van der Waals surface area contributed by atoms with E-state index >= 15 is 0 Å². The summed E-state index contributed by atoms with van der Waals surface area (Å²) in [5, 5.41) is 0.984. The van der Waals surface area contributed by atoms with E-state index in [9.17, 15) is 4.79 Å². The van der Waals surface area contributed by atoms with Crippen LogP contribution in [0.3, 0.4) is 0 Å². The molecule has 0 amide bonds. The van der Waals surface area contributed by atoms with Gasteiger partial charge in [-0.2, -0.15) is 0 Å². The average molecular weight is 387 g/mol. The lowest BCUT2D eigenvalue weighted by Crippen LogP contribution is -2.44. The third-order valence-corrected chi connectivity index (χ3v) is 6.42. The summed E-state index contributed by atoms with van der Waals surface area (Å²) in [6, 6.07) is 8.50. The molecule has 3 rings (SSSR count). The van der Waals surface area contributed by atoms with Crippen LogP contribution < -0.4 is 0 Å². The maximum Gasteiger partial charge on any atom is 0.340 e. The molecule has 0 saturated carbocycles. The number of aromatic nitrogens is 1. The fourth-order valence-corrected chi connectivity index (χ4v) is 4.68. The van der Waals surface area contributed by atoms with Gasteiger partial charge in [0.2, 0.25) is 0 Å². The number of carbonyl (C=O) groups excluding carboxylic acids is 1. The SMILES string of the molecule is COC(=O)c1c(C)n([C@H](C)C2CCN(CC(C)(C)OC)CC2)c2ccccc12. The van der Waals surface area contributed by atoms with Crippen molar-refractivity contribution in [3.8, 4) is 0 Å². The minimum atomic E-state index is -0.253. The van der Waals surface area contributed by atoms with Crippen LogP contribution in [0, 0.1) is 12.8 Å². The van der Waals surface area contributed by atoms with E-state index < -0.39 is 0 Å². The van der Waals surface area contributed by atoms with Crippen LogP contribution in [0.2, 0.25) is 0 Å². The van der Waals surface area contributed by atoms with E-state index in [1.54, 1.807) is 7.11 Å². The molecule has 154 valence electrons. The first-order valence-corrected chi connectivity index (χ1v) is 10.2. The molecule has 0 bridgehead atoms. The third-order valence-electron chi connectivity index (χ3n) is 6.42. The van der Waals surface area contributed by atoms with Gasteiger partial charge in [0.1, 0.15) is 0 Å². The fraction of sp³-hybridized carbons (Fsp3) is 0.609. The number of likely N-dealkylation sites (tertiary alicyclic amines) is 1. The lowest BCUT2D eigenvalue weighted by atomic mass is 9.89. The maximum absolute atomic E-state index is 12.4. The van der Waals surface area contributed by atoms with E-state index in [1.165, 1.54) is 7.11 Å². The Morgan fingerprint density at radius 3 is 2.46 bits per heavy atom. The van der Waals surface area contributed by atoms with Gasteiger partial charge in [-0.25, -0.2) is 4.79 Å². The van der Waals surface area contributed by atoms with Crippen LogP contribution in [0.1, 0.15) is 55.7 Å². The molecule has 5 nitrogen and oxygen atoms in total. The molecular weight excluding hydrogens is 352 g/mol. The number of ether oxygens (including phenoxy) is 2. The highest BCUT2D eigenvalue weighted by atomic mass is 16.5. The van der Waals surface area contributed by atoms with E-state index in [4.69, 9.17) is 9.47 Å². The summed E-state index contributed by atoms with van der Waals surface area (Å²) < 4.78 is 13.0. The number of carbonyl (C=O) groups is 1. The van der Waals surface area contributed by atoms with Crippen LogP contribution in [0.5, 0.6) is 0 Å². The van der Waals surface area contributed by atoms with E-state index in [-0.39, 0.29) is 11.6 Å². The molecule has 1 aliphatic rings. The molecule has 2 aromatic rings. The lowest BCUT2D eigenvalue weighted by molar-refractivity contribution is -0.0162. The van der Waals surface area contributed by atoms with Crippen molar-refractivity contribution in [1.82, 2.24) is 9.47 Å². The van der Waals surface area contributed by atoms with Gasteiger partial charge < -0.3 is 18.9 Å². The summed E-state index contributed by atoms with van der Waals surface area (Å²) >= 11 is 0. The molecule has 0 radical (unpaired) electrons. The van der Waals surface area contributed by atoms with Crippen molar-refractivity contribution in [3.63, 3.8) is 0 Å². The molecule has 1 atom stereocenters. The summed E-state index contributed by atoms with van der Waals surface area (Å²) in [6.07, 6.45) is 2.31. The number of nitrogens with zero attached hydrogens (tertiary/aromatic N) is 2. The Balaban J connectivity index is 1.82. The van der Waals surface area contributed by atoms with Crippen LogP contribution in [-0.4, -0.2) is 54.9 Å². The van der Waals surface area contributed by atoms with Gasteiger partial charge in [-0.15, -0.1) is 0 Å². The van der Waals surface area contributed by atoms with Crippen LogP contribution in [0.15, 0.2) is 24.3 Å². The standard InChI is InChI=1S/C23H34N2O3/c1-16(18-11-13-24(14-12-18)15-23(3,4)28-6)25-17(2)21(22(26)27-5)19-9-7-8-10-20(19)25/h7-10,16,18H,11-15H2,1-6H3/t16-/m1/s1. The number of methoxy groups -OCH3 is 2. The van der Waals surface area contributed by atoms with E-state index in [0.29, 0.717) is 17.5 Å². The minimum Gasteiger partial charge on any atom is -0.465 e. The van der Waals surface area contributed by atoms with Gasteiger partial charge in [0.15, 0.2) is 0 Å². The first-order chi connectivity index (χ1) is 13.3. The first kappa shape index (κ1) is 20.9. The topological polar surface area (TPSA) is 43.7 Å². The number of piperidine rings is 1. The molecule has 1 aromatic carbocycles. The molecular formula is C23H34N2O3. The number of hydrogen-bond donors (Lipinski definition) is 0. The third kappa shape index (κ3) is 3.96. The van der Waals surface area contributed by atoms with E-state index in [2.05, 4.69) is 36.3 Å². The Morgan fingerprint density at radius 2 is 1.86 bits per heavy atom. The number of benzene rings is 1. The summed E-state index contributed by atoms with van der Waals surface area (Å²) in [5.74, 6) is 0.332. The van der Waals surface area contributed by atoms with E-state index in [0.717, 1.165) is 49.1 Å². The van der Waals surface area contributed by atoms with Crippen molar-refractivity contribution in [1.29, 1.82) is 0 Å². The molecule has 1 aromatic heterocycles. The van der Waals surface area contributed by atoms with Crippen molar-refractivity contribution >= 4 is 16.9 Å².